The zero-order valence-electron chi connectivity index (χ0n) is 18.1. The van der Waals surface area contributed by atoms with Crippen molar-refractivity contribution in [3.63, 3.8) is 0 Å². The Labute approximate surface area is 190 Å². The van der Waals surface area contributed by atoms with Gasteiger partial charge in [0.1, 0.15) is 11.3 Å². The molecule has 0 unspecified atom stereocenters. The van der Waals surface area contributed by atoms with Crippen molar-refractivity contribution in [3.05, 3.63) is 52.6 Å². The van der Waals surface area contributed by atoms with Crippen molar-refractivity contribution in [1.82, 2.24) is 5.32 Å². The first-order valence-corrected chi connectivity index (χ1v) is 10.3. The van der Waals surface area contributed by atoms with E-state index < -0.39 is 17.8 Å². The summed E-state index contributed by atoms with van der Waals surface area (Å²) in [6.07, 6.45) is 1.22. The summed E-state index contributed by atoms with van der Waals surface area (Å²) in [7, 11) is 1.51. The van der Waals surface area contributed by atoms with E-state index in [1.54, 1.807) is 36.4 Å². The van der Waals surface area contributed by atoms with Gasteiger partial charge in [0.05, 0.1) is 30.5 Å². The average molecular weight is 459 g/mol. The molecule has 0 aromatic heterocycles. The number of hydrogen-bond donors (Lipinski definition) is 1. The van der Waals surface area contributed by atoms with E-state index in [0.717, 1.165) is 4.90 Å². The van der Waals surface area contributed by atoms with Crippen LogP contribution in [-0.4, -0.2) is 37.7 Å². The van der Waals surface area contributed by atoms with Crippen LogP contribution in [-0.2, 0) is 9.59 Å². The number of imide groups is 2. The second-order valence-corrected chi connectivity index (χ2v) is 7.49. The fourth-order valence-corrected chi connectivity index (χ4v) is 3.34. The Bertz CT molecular complexity index is 1080. The standard InChI is InChI=1S/C23H23ClN2O6/c1-5-31-19-12-14(11-18(24)20(19)32-13(2)3)10-17-21(27)25-23(29)26(22(17)28)15-6-8-16(30-4)9-7-15/h6-13H,5H2,1-4H3,(H,25,27,29)/b17-10+. The van der Waals surface area contributed by atoms with Crippen molar-refractivity contribution in [1.29, 1.82) is 0 Å². The molecule has 168 valence electrons. The van der Waals surface area contributed by atoms with Gasteiger partial charge in [-0.05, 0) is 68.8 Å². The average Bonchev–Trinajstić information content (AvgIpc) is 2.74. The predicted octanol–water partition coefficient (Wildman–Crippen LogP) is 4.20. The van der Waals surface area contributed by atoms with Gasteiger partial charge >= 0.3 is 6.03 Å². The molecular weight excluding hydrogens is 436 g/mol. The summed E-state index contributed by atoms with van der Waals surface area (Å²) >= 11 is 6.38. The van der Waals surface area contributed by atoms with E-state index in [1.165, 1.54) is 13.2 Å². The highest BCUT2D eigenvalue weighted by Crippen LogP contribution is 2.38. The van der Waals surface area contributed by atoms with Crippen LogP contribution in [0, 0.1) is 0 Å². The normalized spacial score (nSPS) is 15.2. The zero-order chi connectivity index (χ0) is 23.4. The number of anilines is 1. The number of methoxy groups -OCH3 is 1. The van der Waals surface area contributed by atoms with E-state index in [0.29, 0.717) is 35.1 Å². The topological polar surface area (TPSA) is 94.2 Å². The number of nitrogens with zero attached hydrogens (tertiary/aromatic N) is 1. The Hall–Kier alpha value is -3.52. The number of nitrogens with one attached hydrogen (secondary N) is 1. The Morgan fingerprint density at radius 1 is 1.12 bits per heavy atom. The van der Waals surface area contributed by atoms with E-state index >= 15 is 0 Å². The van der Waals surface area contributed by atoms with Gasteiger partial charge in [0.25, 0.3) is 11.8 Å². The molecule has 0 saturated carbocycles. The van der Waals surface area contributed by atoms with E-state index in [9.17, 15) is 14.4 Å². The summed E-state index contributed by atoms with van der Waals surface area (Å²) < 4.78 is 16.5. The van der Waals surface area contributed by atoms with Gasteiger partial charge in [-0.3, -0.25) is 14.9 Å². The van der Waals surface area contributed by atoms with Crippen molar-refractivity contribution in [3.8, 4) is 17.2 Å². The summed E-state index contributed by atoms with van der Waals surface area (Å²) in [4.78, 5) is 38.8. The molecule has 3 rings (SSSR count). The molecule has 9 heteroatoms. The SMILES string of the molecule is CCOc1cc(/C=C2\C(=O)NC(=O)N(c3ccc(OC)cc3)C2=O)cc(Cl)c1OC(C)C. The van der Waals surface area contributed by atoms with E-state index in [-0.39, 0.29) is 16.7 Å². The monoisotopic (exact) mass is 458 g/mol. The maximum absolute atomic E-state index is 13.1. The molecule has 1 N–H and O–H groups in total. The number of rotatable bonds is 7. The quantitative estimate of drug-likeness (QED) is 0.493. The van der Waals surface area contributed by atoms with Crippen molar-refractivity contribution in [2.75, 3.05) is 18.6 Å². The lowest BCUT2D eigenvalue weighted by molar-refractivity contribution is -0.122. The lowest BCUT2D eigenvalue weighted by Crippen LogP contribution is -2.54. The number of urea groups is 1. The lowest BCUT2D eigenvalue weighted by Gasteiger charge is -2.26. The minimum atomic E-state index is -0.837. The first-order valence-electron chi connectivity index (χ1n) is 9.93. The van der Waals surface area contributed by atoms with Gasteiger partial charge in [0.15, 0.2) is 11.5 Å². The number of benzene rings is 2. The van der Waals surface area contributed by atoms with Crippen LogP contribution in [0.5, 0.6) is 17.2 Å². The van der Waals surface area contributed by atoms with Crippen molar-refractivity contribution >= 4 is 41.2 Å². The molecule has 4 amide bonds. The first-order chi connectivity index (χ1) is 15.2. The highest BCUT2D eigenvalue weighted by Gasteiger charge is 2.37. The Balaban J connectivity index is 2.01. The van der Waals surface area contributed by atoms with Gasteiger partial charge in [-0.25, -0.2) is 9.69 Å². The molecule has 0 aliphatic carbocycles. The number of halogens is 1. The van der Waals surface area contributed by atoms with Crippen LogP contribution in [0.4, 0.5) is 10.5 Å². The number of carbonyl (C=O) groups is 3. The first kappa shape index (κ1) is 23.1. The molecule has 1 saturated heterocycles. The number of barbiturate groups is 1. The van der Waals surface area contributed by atoms with Crippen LogP contribution in [0.3, 0.4) is 0 Å². The summed E-state index contributed by atoms with van der Waals surface area (Å²) in [6, 6.07) is 8.65. The number of carbonyl (C=O) groups excluding carboxylic acids is 3. The van der Waals surface area contributed by atoms with Gasteiger partial charge in [0, 0.05) is 0 Å². The summed E-state index contributed by atoms with van der Waals surface area (Å²) in [5.41, 5.74) is 0.508. The predicted molar refractivity (Wildman–Crippen MR) is 120 cm³/mol. The third kappa shape index (κ3) is 4.86. The molecule has 2 aromatic rings. The molecule has 1 aliphatic heterocycles. The fraction of sp³-hybridized carbons (Fsp3) is 0.261. The molecule has 8 nitrogen and oxygen atoms in total. The molecule has 32 heavy (non-hydrogen) atoms. The molecule has 1 fully saturated rings. The lowest BCUT2D eigenvalue weighted by atomic mass is 10.1. The molecule has 0 bridgehead atoms. The minimum absolute atomic E-state index is 0.134. The second kappa shape index (κ2) is 9.74. The molecule has 0 atom stereocenters. The summed E-state index contributed by atoms with van der Waals surface area (Å²) in [5.74, 6) is -0.249. The molecule has 2 aromatic carbocycles. The van der Waals surface area contributed by atoms with Crippen molar-refractivity contribution in [2.45, 2.75) is 26.9 Å². The van der Waals surface area contributed by atoms with Gasteiger partial charge < -0.3 is 14.2 Å². The Morgan fingerprint density at radius 2 is 1.81 bits per heavy atom. The molecule has 0 spiro atoms. The highest BCUT2D eigenvalue weighted by atomic mass is 35.5. The summed E-state index contributed by atoms with van der Waals surface area (Å²) in [6.45, 7) is 5.90. The third-order valence-electron chi connectivity index (χ3n) is 4.43. The largest absolute Gasteiger partial charge is 0.497 e. The minimum Gasteiger partial charge on any atom is -0.497 e. The zero-order valence-corrected chi connectivity index (χ0v) is 18.9. The smallest absolute Gasteiger partial charge is 0.335 e. The molecule has 1 heterocycles. The maximum atomic E-state index is 13.1. The third-order valence-corrected chi connectivity index (χ3v) is 4.71. The number of amides is 4. The van der Waals surface area contributed by atoms with Gasteiger partial charge in [0.2, 0.25) is 0 Å². The van der Waals surface area contributed by atoms with Crippen LogP contribution in [0.15, 0.2) is 42.0 Å². The number of hydrogen-bond acceptors (Lipinski definition) is 6. The van der Waals surface area contributed by atoms with Gasteiger partial charge in [-0.1, -0.05) is 11.6 Å². The van der Waals surface area contributed by atoms with Crippen LogP contribution >= 0.6 is 11.6 Å². The molecule has 0 radical (unpaired) electrons. The summed E-state index contributed by atoms with van der Waals surface area (Å²) in [5, 5.41) is 2.45. The van der Waals surface area contributed by atoms with Gasteiger partial charge in [-0.15, -0.1) is 0 Å². The maximum Gasteiger partial charge on any atom is 0.335 e. The van der Waals surface area contributed by atoms with E-state index in [4.69, 9.17) is 25.8 Å². The van der Waals surface area contributed by atoms with Gasteiger partial charge in [-0.2, -0.15) is 0 Å². The molecular formula is C23H23ClN2O6. The highest BCUT2D eigenvalue weighted by molar-refractivity contribution is 6.39. The van der Waals surface area contributed by atoms with Crippen LogP contribution in [0.25, 0.3) is 6.08 Å². The Morgan fingerprint density at radius 3 is 2.41 bits per heavy atom. The van der Waals surface area contributed by atoms with Crippen molar-refractivity contribution < 1.29 is 28.6 Å². The van der Waals surface area contributed by atoms with Crippen LogP contribution in [0.2, 0.25) is 5.02 Å². The van der Waals surface area contributed by atoms with E-state index in [1.807, 2.05) is 20.8 Å². The van der Waals surface area contributed by atoms with Crippen LogP contribution in [0.1, 0.15) is 26.3 Å². The van der Waals surface area contributed by atoms with E-state index in [2.05, 4.69) is 5.32 Å². The van der Waals surface area contributed by atoms with Crippen LogP contribution < -0.4 is 24.4 Å². The number of ether oxygens (including phenoxy) is 3. The Kier molecular flexibility index (Phi) is 7.05. The van der Waals surface area contributed by atoms with Crippen molar-refractivity contribution in [2.24, 2.45) is 0 Å². The fourth-order valence-electron chi connectivity index (χ4n) is 3.07. The molecule has 1 aliphatic rings. The second-order valence-electron chi connectivity index (χ2n) is 7.09.